The van der Waals surface area contributed by atoms with Gasteiger partial charge in [0.15, 0.2) is 5.11 Å². The molecule has 0 bridgehead atoms. The lowest BCUT2D eigenvalue weighted by Gasteiger charge is -2.21. The molecule has 1 aromatic heterocycles. The maximum absolute atomic E-state index is 13.3. The third kappa shape index (κ3) is 7.57. The Morgan fingerprint density at radius 1 is 1.03 bits per heavy atom. The lowest BCUT2D eigenvalue weighted by molar-refractivity contribution is -0.114. The van der Waals surface area contributed by atoms with Crippen LogP contribution in [0.2, 0.25) is 0 Å². The lowest BCUT2D eigenvalue weighted by atomic mass is 10.1. The van der Waals surface area contributed by atoms with Gasteiger partial charge in [0.25, 0.3) is 0 Å². The fourth-order valence-corrected chi connectivity index (χ4v) is 6.37. The van der Waals surface area contributed by atoms with Crippen LogP contribution in [0.15, 0.2) is 53.6 Å². The first kappa shape index (κ1) is 27.7. The number of thiazole rings is 1. The van der Waals surface area contributed by atoms with Crippen LogP contribution < -0.4 is 20.7 Å². The summed E-state index contributed by atoms with van der Waals surface area (Å²) in [5, 5.41) is 10.0. The zero-order chi connectivity index (χ0) is 26.7. The van der Waals surface area contributed by atoms with Gasteiger partial charge in [0.1, 0.15) is 5.01 Å². The molecule has 0 atom stereocenters. The third-order valence-corrected chi connectivity index (χ3v) is 7.71. The highest BCUT2D eigenvalue weighted by Crippen LogP contribution is 2.37. The van der Waals surface area contributed by atoms with Gasteiger partial charge in [-0.05, 0) is 82.7 Å². The Bertz CT molecular complexity index is 1360. The highest BCUT2D eigenvalue weighted by atomic mass is 32.2. The molecule has 0 aliphatic rings. The summed E-state index contributed by atoms with van der Waals surface area (Å²) in [6, 6.07) is 12.8. The molecule has 0 aliphatic heterocycles. The fourth-order valence-electron chi connectivity index (χ4n) is 3.34. The number of thiocarbonyl (C=S) groups is 1. The summed E-state index contributed by atoms with van der Waals surface area (Å²) in [6.45, 7) is 10.7. The zero-order valence-electron chi connectivity index (χ0n) is 21.1. The summed E-state index contributed by atoms with van der Waals surface area (Å²) < 4.78 is 29.2. The van der Waals surface area contributed by atoms with Crippen LogP contribution in [0.25, 0.3) is 21.0 Å². The first-order chi connectivity index (χ1) is 16.7. The van der Waals surface area contributed by atoms with Crippen molar-refractivity contribution in [3.05, 3.63) is 48.7 Å². The van der Waals surface area contributed by atoms with Gasteiger partial charge in [-0.2, -0.15) is 0 Å². The molecule has 0 radical (unpaired) electrons. The first-order valence-electron chi connectivity index (χ1n) is 11.3. The molecule has 1 heterocycles. The van der Waals surface area contributed by atoms with E-state index in [0.29, 0.717) is 21.4 Å². The summed E-state index contributed by atoms with van der Waals surface area (Å²) in [6.07, 6.45) is 1.72. The average molecular weight is 546 g/mol. The molecular weight excluding hydrogens is 515 g/mol. The Balaban J connectivity index is 1.94. The third-order valence-electron chi connectivity index (χ3n) is 4.62. The molecule has 0 unspecified atom stereocenters. The molecule has 0 fully saturated rings. The molecule has 0 aliphatic carbocycles. The van der Waals surface area contributed by atoms with E-state index in [1.807, 2.05) is 38.1 Å². The van der Waals surface area contributed by atoms with Crippen molar-refractivity contribution < 1.29 is 13.2 Å². The van der Waals surface area contributed by atoms with Gasteiger partial charge in [0.2, 0.25) is 15.9 Å². The maximum atomic E-state index is 13.3. The van der Waals surface area contributed by atoms with Crippen molar-refractivity contribution >= 4 is 56.0 Å². The molecule has 0 spiro atoms. The minimum absolute atomic E-state index is 0.0512. The number of hydrogen-bond acceptors (Lipinski definition) is 6. The Kier molecular flexibility index (Phi) is 8.50. The average Bonchev–Trinajstić information content (AvgIpc) is 3.21. The summed E-state index contributed by atoms with van der Waals surface area (Å²) in [5.41, 5.74) is 1.97. The Morgan fingerprint density at radius 3 is 2.25 bits per heavy atom. The van der Waals surface area contributed by atoms with Gasteiger partial charge in [-0.3, -0.25) is 4.79 Å². The van der Waals surface area contributed by atoms with Crippen molar-refractivity contribution in [3.63, 3.8) is 0 Å². The van der Waals surface area contributed by atoms with E-state index >= 15 is 0 Å². The van der Waals surface area contributed by atoms with Crippen LogP contribution in [0.5, 0.6) is 0 Å². The number of benzene rings is 2. The van der Waals surface area contributed by atoms with Crippen molar-refractivity contribution in [1.82, 2.24) is 15.0 Å². The van der Waals surface area contributed by atoms with E-state index in [4.69, 9.17) is 12.2 Å². The Hall–Kier alpha value is -2.86. The van der Waals surface area contributed by atoms with Gasteiger partial charge in [-0.15, -0.1) is 11.3 Å². The summed E-state index contributed by atoms with van der Waals surface area (Å²) in [7, 11) is -3.90. The molecule has 3 aromatic rings. The lowest BCUT2D eigenvalue weighted by Crippen LogP contribution is -2.40. The van der Waals surface area contributed by atoms with Crippen LogP contribution in [0, 0.1) is 0 Å². The van der Waals surface area contributed by atoms with Gasteiger partial charge in [0.05, 0.1) is 9.77 Å². The Labute approximate surface area is 222 Å². The standard InChI is InChI=1S/C25H31N5O3S3/c1-15(2)27-24(34)29-18-9-7-17(8-10-18)21-14-26-23(35-21)20-12-11-19(28-16(3)31)13-22(20)36(32,33)30-25(4,5)6/h7-15,30H,1-6H3,(H,28,31)(H2,27,29,34). The van der Waals surface area contributed by atoms with E-state index in [1.54, 1.807) is 39.1 Å². The van der Waals surface area contributed by atoms with Crippen molar-refractivity contribution in [2.75, 3.05) is 10.6 Å². The van der Waals surface area contributed by atoms with Gasteiger partial charge in [-0.1, -0.05) is 12.1 Å². The monoisotopic (exact) mass is 545 g/mol. The number of anilines is 2. The van der Waals surface area contributed by atoms with Crippen molar-refractivity contribution in [2.24, 2.45) is 0 Å². The molecule has 0 saturated carbocycles. The predicted molar refractivity (Wildman–Crippen MR) is 152 cm³/mol. The molecule has 3 rings (SSSR count). The second kappa shape index (κ2) is 11.0. The molecule has 11 heteroatoms. The number of carbonyl (C=O) groups excluding carboxylic acids is 1. The number of nitrogens with one attached hydrogen (secondary N) is 4. The topological polar surface area (TPSA) is 112 Å². The highest BCUT2D eigenvalue weighted by molar-refractivity contribution is 7.89. The van der Waals surface area contributed by atoms with Crippen LogP contribution >= 0.6 is 23.6 Å². The molecule has 36 heavy (non-hydrogen) atoms. The van der Waals surface area contributed by atoms with Gasteiger partial charge < -0.3 is 16.0 Å². The smallest absolute Gasteiger partial charge is 0.241 e. The maximum Gasteiger partial charge on any atom is 0.241 e. The van der Waals surface area contributed by atoms with Gasteiger partial charge in [-0.25, -0.2) is 18.1 Å². The van der Waals surface area contributed by atoms with E-state index in [2.05, 4.69) is 25.7 Å². The SMILES string of the molecule is CC(=O)Nc1ccc(-c2ncc(-c3ccc(NC(=S)NC(C)C)cc3)s2)c(S(=O)(=O)NC(C)(C)C)c1. The van der Waals surface area contributed by atoms with Crippen molar-refractivity contribution in [3.8, 4) is 21.0 Å². The summed E-state index contributed by atoms with van der Waals surface area (Å²) in [5.74, 6) is -0.287. The number of carbonyl (C=O) groups is 1. The molecule has 0 saturated heterocycles. The second-order valence-electron chi connectivity index (χ2n) is 9.61. The van der Waals surface area contributed by atoms with Crippen LogP contribution in [0.4, 0.5) is 11.4 Å². The van der Waals surface area contributed by atoms with E-state index in [1.165, 1.54) is 24.3 Å². The quantitative estimate of drug-likeness (QED) is 0.302. The molecule has 4 N–H and O–H groups in total. The number of sulfonamides is 1. The van der Waals surface area contributed by atoms with E-state index in [0.717, 1.165) is 16.1 Å². The number of nitrogens with zero attached hydrogens (tertiary/aromatic N) is 1. The Morgan fingerprint density at radius 2 is 1.67 bits per heavy atom. The van der Waals surface area contributed by atoms with Crippen LogP contribution in [0.3, 0.4) is 0 Å². The number of hydrogen-bond donors (Lipinski definition) is 4. The normalized spacial score (nSPS) is 11.9. The van der Waals surface area contributed by atoms with Gasteiger partial charge >= 0.3 is 0 Å². The van der Waals surface area contributed by atoms with Crippen LogP contribution in [-0.2, 0) is 14.8 Å². The van der Waals surface area contributed by atoms with Crippen molar-refractivity contribution in [2.45, 2.75) is 58.0 Å². The summed E-state index contributed by atoms with van der Waals surface area (Å²) >= 11 is 6.68. The largest absolute Gasteiger partial charge is 0.360 e. The van der Waals surface area contributed by atoms with Crippen LogP contribution in [0.1, 0.15) is 41.5 Å². The second-order valence-corrected chi connectivity index (χ2v) is 12.7. The summed E-state index contributed by atoms with van der Waals surface area (Å²) in [4.78, 5) is 17.0. The predicted octanol–water partition coefficient (Wildman–Crippen LogP) is 5.21. The van der Waals surface area contributed by atoms with Crippen LogP contribution in [-0.4, -0.2) is 36.0 Å². The fraction of sp³-hybridized carbons (Fsp3) is 0.320. The minimum Gasteiger partial charge on any atom is -0.360 e. The molecular formula is C25H31N5O3S3. The molecule has 2 aromatic carbocycles. The number of amides is 1. The zero-order valence-corrected chi connectivity index (χ0v) is 23.5. The van der Waals surface area contributed by atoms with E-state index < -0.39 is 15.6 Å². The highest BCUT2D eigenvalue weighted by Gasteiger charge is 2.26. The molecule has 8 nitrogen and oxygen atoms in total. The first-order valence-corrected chi connectivity index (χ1v) is 14.0. The number of aromatic nitrogens is 1. The van der Waals surface area contributed by atoms with Gasteiger partial charge in [0, 0.05) is 41.6 Å². The van der Waals surface area contributed by atoms with Crippen molar-refractivity contribution in [1.29, 1.82) is 0 Å². The van der Waals surface area contributed by atoms with E-state index in [-0.39, 0.29) is 16.8 Å². The van der Waals surface area contributed by atoms with E-state index in [9.17, 15) is 13.2 Å². The minimum atomic E-state index is -3.90. The number of rotatable bonds is 7. The molecule has 1 amide bonds. The molecule has 192 valence electrons.